The highest BCUT2D eigenvalue weighted by atomic mass is 16.3. The van der Waals surface area contributed by atoms with Gasteiger partial charge in [0.25, 0.3) is 0 Å². The maximum Gasteiger partial charge on any atom is 0.0594 e. The summed E-state index contributed by atoms with van der Waals surface area (Å²) in [5.74, 6) is 7.73. The molecule has 6 spiro atoms. The molecule has 0 amide bonds. The first-order chi connectivity index (χ1) is 41.3. The Morgan fingerprint density at radius 2 is 0.663 bits per heavy atom. The van der Waals surface area contributed by atoms with Gasteiger partial charge in [0.15, 0.2) is 0 Å². The topological polar surface area (TPSA) is 57.2 Å². The highest BCUT2D eigenvalue weighted by Gasteiger charge is 2.86. The second kappa shape index (κ2) is 20.9. The molecule has 15 saturated carbocycles. The molecule has 3 N–H and O–H groups in total. The minimum Gasteiger partial charge on any atom is -0.393 e. The number of fused-ring (bicyclic) bond motifs is 6. The van der Waals surface area contributed by atoms with E-state index in [-0.39, 0.29) is 16.9 Å². The maximum absolute atomic E-state index is 11.4. The van der Waals surface area contributed by atoms with Gasteiger partial charge in [-0.05, 0) is 387 Å². The van der Waals surface area contributed by atoms with Gasteiger partial charge in [0.1, 0.15) is 0 Å². The van der Waals surface area contributed by atoms with Crippen molar-refractivity contribution in [2.75, 3.05) is 70.5 Å². The Hall–Kier alpha value is -0.280. The van der Waals surface area contributed by atoms with Crippen LogP contribution in [0.25, 0.3) is 0 Å². The smallest absolute Gasteiger partial charge is 0.0594 e. The largest absolute Gasteiger partial charge is 0.393 e. The molecule has 0 saturated heterocycles. The van der Waals surface area contributed by atoms with Gasteiger partial charge in [-0.1, -0.05) is 83.1 Å². The third kappa shape index (κ3) is 8.18. The summed E-state index contributed by atoms with van der Waals surface area (Å²) in [4.78, 5) is 9.92. The molecule has 0 heterocycles. The summed E-state index contributed by atoms with van der Waals surface area (Å²) < 4.78 is 0. The van der Waals surface area contributed by atoms with E-state index >= 15 is 0 Å². The third-order valence-corrected chi connectivity index (χ3v) is 39.0. The van der Waals surface area contributed by atoms with Gasteiger partial charge in [-0.15, -0.1) is 0 Å². The van der Waals surface area contributed by atoms with Crippen molar-refractivity contribution in [2.45, 2.75) is 313 Å². The molecule has 0 aromatic heterocycles. The summed E-state index contributed by atoms with van der Waals surface area (Å²) in [6.07, 6.45) is 37.7. The molecule has 15 rings (SSSR count). The average Bonchev–Trinajstić information content (AvgIpc) is 1.49. The van der Waals surface area contributed by atoms with Crippen LogP contribution >= 0.6 is 0 Å². The van der Waals surface area contributed by atoms with E-state index in [0.717, 1.165) is 59.8 Å². The number of aliphatic hydroxyl groups excluding tert-OH is 1. The Balaban J connectivity index is 0.000000123. The van der Waals surface area contributed by atoms with Crippen LogP contribution in [0.4, 0.5) is 0 Å². The molecular formula is C82H146N6O. The fourth-order valence-corrected chi connectivity index (χ4v) is 33.7. The van der Waals surface area contributed by atoms with Gasteiger partial charge in [-0.2, -0.15) is 0 Å². The van der Waals surface area contributed by atoms with Crippen molar-refractivity contribution in [1.82, 2.24) is 30.2 Å². The fraction of sp³-hybridized carbons (Fsp3) is 1.00. The van der Waals surface area contributed by atoms with Gasteiger partial charge in [-0.25, -0.2) is 0 Å². The van der Waals surface area contributed by atoms with Crippen LogP contribution in [0.1, 0.15) is 271 Å². The van der Waals surface area contributed by atoms with Gasteiger partial charge >= 0.3 is 0 Å². The Morgan fingerprint density at radius 3 is 1.02 bits per heavy atom. The molecule has 0 aromatic carbocycles. The van der Waals surface area contributed by atoms with Gasteiger partial charge in [0.05, 0.1) is 6.10 Å². The normalized spacial score (nSPS) is 56.1. The van der Waals surface area contributed by atoms with Crippen LogP contribution < -0.4 is 10.6 Å². The number of aliphatic hydroxyl groups is 1. The van der Waals surface area contributed by atoms with Crippen LogP contribution in [0.2, 0.25) is 0 Å². The predicted molar refractivity (Wildman–Crippen MR) is 375 cm³/mol. The van der Waals surface area contributed by atoms with Crippen molar-refractivity contribution in [3.63, 3.8) is 0 Å². The quantitative estimate of drug-likeness (QED) is 0.213. The molecule has 28 atom stereocenters. The molecule has 15 fully saturated rings. The molecule has 15 aliphatic rings. The summed E-state index contributed by atoms with van der Waals surface area (Å²) >= 11 is 0. The second-order valence-electron chi connectivity index (χ2n) is 41.5. The molecule has 15 aliphatic carbocycles. The van der Waals surface area contributed by atoms with E-state index in [0.29, 0.717) is 107 Å². The van der Waals surface area contributed by atoms with Crippen molar-refractivity contribution in [2.24, 2.45) is 134 Å². The van der Waals surface area contributed by atoms with E-state index in [1.807, 2.05) is 0 Å². The van der Waals surface area contributed by atoms with Crippen LogP contribution in [0.15, 0.2) is 0 Å². The lowest BCUT2D eigenvalue weighted by molar-refractivity contribution is -0.152. The molecule has 510 valence electrons. The van der Waals surface area contributed by atoms with E-state index in [1.54, 1.807) is 19.3 Å². The van der Waals surface area contributed by atoms with Crippen molar-refractivity contribution in [1.29, 1.82) is 0 Å². The zero-order valence-corrected chi connectivity index (χ0v) is 63.4. The lowest BCUT2D eigenvalue weighted by atomic mass is 9.41. The number of hydrogen-bond donors (Lipinski definition) is 3. The van der Waals surface area contributed by atoms with Crippen LogP contribution in [-0.2, 0) is 0 Å². The highest BCUT2D eigenvalue weighted by molar-refractivity contribution is 5.35. The Morgan fingerprint density at radius 1 is 0.337 bits per heavy atom. The van der Waals surface area contributed by atoms with E-state index in [9.17, 15) is 5.11 Å². The molecule has 7 heteroatoms. The van der Waals surface area contributed by atoms with Crippen LogP contribution in [-0.4, -0.2) is 138 Å². The summed E-state index contributed by atoms with van der Waals surface area (Å²) in [5, 5.41) is 18.8. The minimum absolute atomic E-state index is 0.142. The molecule has 21 unspecified atom stereocenters. The first-order valence-corrected chi connectivity index (χ1v) is 39.0. The standard InChI is InChI=1S/C28H50N2.C27H48N2O.C27H48N2/c1-19(29(6)7)20-12-14-26(5)22-11-10-21-24(2,3)23(30(8)9)13-15-27(21)18-28(22,27)17-16-25(20,26)4;1-17(29(7)8)22-18(30)15-25(5)20-10-9-19-23(2,3)21(28-6)11-12-26(19)16-27(20,26)14-13-24(22,25)4;1-18(29(7)8)19-11-13-25(5)21-10-9-20-23(2,3)22(28-6)12-14-26(20)17-27(21,26)16-15-24(19,25)4/h19-23H,10-18H2,1-9H3;17-22,28,30H,9-16H2,1-8H3;18-22,28H,9-17H2,1-8H3/t19-,20?,21?,22?,23?,25?,26-,27?,28?;17-,18+,19?,20?,21?,22?,24?,25-,26?,27?;18-,19?,20?,21?,22?,24?,25-,26?,27?/m000/s1. The molecule has 0 aromatic rings. The number of nitrogens with one attached hydrogen (secondary N) is 2. The highest BCUT2D eigenvalue weighted by Crippen LogP contribution is 2.92. The van der Waals surface area contributed by atoms with E-state index in [4.69, 9.17) is 0 Å². The van der Waals surface area contributed by atoms with Crippen molar-refractivity contribution in [3.8, 4) is 0 Å². The van der Waals surface area contributed by atoms with E-state index in [2.05, 4.69) is 205 Å². The Labute approximate surface area is 550 Å². The summed E-state index contributed by atoms with van der Waals surface area (Å²) in [6, 6.07) is 4.02. The average molecular weight is 1230 g/mol. The number of rotatable bonds is 9. The maximum atomic E-state index is 11.4. The summed E-state index contributed by atoms with van der Waals surface area (Å²) in [7, 11) is 22.7. The van der Waals surface area contributed by atoms with Gasteiger partial charge in [0.2, 0.25) is 0 Å². The molecule has 7 nitrogen and oxygen atoms in total. The second-order valence-corrected chi connectivity index (χ2v) is 41.5. The lowest BCUT2D eigenvalue weighted by Gasteiger charge is -2.64. The fourth-order valence-electron chi connectivity index (χ4n) is 33.7. The van der Waals surface area contributed by atoms with Crippen LogP contribution in [0.3, 0.4) is 0 Å². The SMILES string of the molecule is CNC1CCC23CC24CCC2(C)C([C@H](C)N(C)C)CC[C@@]2(C)C4CCC3C1(C)C.CNC1CCC23CC24CCC2(C)C([C@H](C)N(C)C)[C@H](O)C[C@@]2(C)C4CCC3C1(C)C.C[C@@H](C1CC[C@@]2(C)C3CCC4C(C)(C)C(N(C)C)CCC45CC35CCC12C)N(C)C. The molecular weight excluding hydrogens is 1080 g/mol. The van der Waals surface area contributed by atoms with Crippen LogP contribution in [0.5, 0.6) is 0 Å². The van der Waals surface area contributed by atoms with E-state index in [1.165, 1.54) is 141 Å². The zero-order chi connectivity index (χ0) is 64.8. The summed E-state index contributed by atoms with van der Waals surface area (Å²) in [5.41, 5.74) is 8.09. The van der Waals surface area contributed by atoms with Gasteiger partial charge in [0, 0.05) is 42.2 Å². The number of nitrogens with zero attached hydrogens (tertiary/aromatic N) is 4. The monoisotopic (exact) mass is 1230 g/mol. The first-order valence-electron chi connectivity index (χ1n) is 39.0. The number of hydrogen-bond acceptors (Lipinski definition) is 7. The van der Waals surface area contributed by atoms with E-state index < -0.39 is 0 Å². The first kappa shape index (κ1) is 67.3. The zero-order valence-electron chi connectivity index (χ0n) is 63.4. The Bertz CT molecular complexity index is 2680. The third-order valence-electron chi connectivity index (χ3n) is 39.0. The van der Waals surface area contributed by atoms with Crippen LogP contribution in [0, 0.1) is 134 Å². The minimum atomic E-state index is -0.142. The molecule has 0 bridgehead atoms. The van der Waals surface area contributed by atoms with Gasteiger partial charge < -0.3 is 35.3 Å². The lowest BCUT2D eigenvalue weighted by Crippen LogP contribution is -2.59. The Kier molecular flexibility index (Phi) is 15.8. The summed E-state index contributed by atoms with van der Waals surface area (Å²) in [6.45, 7) is 39.1. The molecule has 0 aliphatic heterocycles. The van der Waals surface area contributed by atoms with Gasteiger partial charge in [-0.3, -0.25) is 0 Å². The van der Waals surface area contributed by atoms with Crippen molar-refractivity contribution >= 4 is 0 Å². The predicted octanol–water partition coefficient (Wildman–Crippen LogP) is 17.2. The molecule has 0 radical (unpaired) electrons. The van der Waals surface area contributed by atoms with Crippen molar-refractivity contribution in [3.05, 3.63) is 0 Å². The molecule has 89 heavy (non-hydrogen) atoms. The van der Waals surface area contributed by atoms with Crippen molar-refractivity contribution < 1.29 is 5.11 Å².